The zero-order chi connectivity index (χ0) is 14.5. The third-order valence-electron chi connectivity index (χ3n) is 3.33. The van der Waals surface area contributed by atoms with Crippen molar-refractivity contribution in [1.82, 2.24) is 0 Å². The molecule has 0 atom stereocenters. The Morgan fingerprint density at radius 2 is 1.65 bits per heavy atom. The molecule has 106 valence electrons. The van der Waals surface area contributed by atoms with E-state index in [1.807, 2.05) is 37.3 Å². The SMILES string of the molecule is CCc1ccc(Oc2ccc(CN)cc2C)c(OC)c1. The van der Waals surface area contributed by atoms with Gasteiger partial charge in [-0.05, 0) is 48.2 Å². The van der Waals surface area contributed by atoms with Crippen LogP contribution in [0.1, 0.15) is 23.6 Å². The van der Waals surface area contributed by atoms with Crippen LogP contribution in [0.15, 0.2) is 36.4 Å². The Kier molecular flexibility index (Phi) is 4.64. The standard InChI is InChI=1S/C17H21NO2/c1-4-13-5-8-16(17(10-13)19-3)20-15-7-6-14(11-18)9-12(15)2/h5-10H,4,11,18H2,1-3H3. The van der Waals surface area contributed by atoms with E-state index >= 15 is 0 Å². The van der Waals surface area contributed by atoms with Crippen molar-refractivity contribution in [3.63, 3.8) is 0 Å². The first-order chi connectivity index (χ1) is 9.67. The van der Waals surface area contributed by atoms with E-state index in [-0.39, 0.29) is 0 Å². The van der Waals surface area contributed by atoms with Crippen LogP contribution in [-0.4, -0.2) is 7.11 Å². The molecule has 0 aliphatic carbocycles. The van der Waals surface area contributed by atoms with Gasteiger partial charge in [0.2, 0.25) is 0 Å². The molecule has 0 unspecified atom stereocenters. The van der Waals surface area contributed by atoms with E-state index in [4.69, 9.17) is 15.2 Å². The zero-order valence-corrected chi connectivity index (χ0v) is 12.3. The summed E-state index contributed by atoms with van der Waals surface area (Å²) >= 11 is 0. The quantitative estimate of drug-likeness (QED) is 0.899. The first kappa shape index (κ1) is 14.4. The Balaban J connectivity index is 2.29. The summed E-state index contributed by atoms with van der Waals surface area (Å²) in [4.78, 5) is 0. The Hall–Kier alpha value is -2.00. The second kappa shape index (κ2) is 6.44. The third kappa shape index (κ3) is 3.11. The summed E-state index contributed by atoms with van der Waals surface area (Å²) in [5.74, 6) is 2.31. The second-order valence-corrected chi connectivity index (χ2v) is 4.74. The molecule has 3 nitrogen and oxygen atoms in total. The maximum Gasteiger partial charge on any atom is 0.169 e. The Morgan fingerprint density at radius 1 is 0.950 bits per heavy atom. The minimum atomic E-state index is 0.537. The van der Waals surface area contributed by atoms with Crippen molar-refractivity contribution in [3.8, 4) is 17.2 Å². The maximum absolute atomic E-state index is 5.96. The number of benzene rings is 2. The van der Waals surface area contributed by atoms with Gasteiger partial charge in [0, 0.05) is 6.54 Å². The van der Waals surface area contributed by atoms with Crippen LogP contribution in [0.4, 0.5) is 0 Å². The van der Waals surface area contributed by atoms with Crippen LogP contribution in [0.25, 0.3) is 0 Å². The van der Waals surface area contributed by atoms with Crippen molar-refractivity contribution < 1.29 is 9.47 Å². The number of nitrogens with two attached hydrogens (primary N) is 1. The third-order valence-corrected chi connectivity index (χ3v) is 3.33. The number of rotatable bonds is 5. The molecule has 0 saturated heterocycles. The van der Waals surface area contributed by atoms with E-state index in [1.54, 1.807) is 7.11 Å². The van der Waals surface area contributed by atoms with E-state index in [0.717, 1.165) is 34.8 Å². The molecule has 0 aliphatic heterocycles. The predicted molar refractivity (Wildman–Crippen MR) is 81.5 cm³/mol. The van der Waals surface area contributed by atoms with E-state index in [0.29, 0.717) is 6.54 Å². The van der Waals surface area contributed by atoms with Crippen LogP contribution in [0.5, 0.6) is 17.2 Å². The number of aryl methyl sites for hydroxylation is 2. The number of hydrogen-bond acceptors (Lipinski definition) is 3. The van der Waals surface area contributed by atoms with Crippen molar-refractivity contribution >= 4 is 0 Å². The average molecular weight is 271 g/mol. The first-order valence-electron chi connectivity index (χ1n) is 6.82. The van der Waals surface area contributed by atoms with Gasteiger partial charge in [0.05, 0.1) is 7.11 Å². The van der Waals surface area contributed by atoms with Gasteiger partial charge in [-0.25, -0.2) is 0 Å². The lowest BCUT2D eigenvalue weighted by molar-refractivity contribution is 0.377. The lowest BCUT2D eigenvalue weighted by Gasteiger charge is -2.13. The molecule has 2 rings (SSSR count). The van der Waals surface area contributed by atoms with Gasteiger partial charge in [0.1, 0.15) is 5.75 Å². The van der Waals surface area contributed by atoms with Gasteiger partial charge in [0.15, 0.2) is 11.5 Å². The molecule has 2 aromatic carbocycles. The van der Waals surface area contributed by atoms with Gasteiger partial charge < -0.3 is 15.2 Å². The summed E-state index contributed by atoms with van der Waals surface area (Å²) in [6.45, 7) is 4.67. The highest BCUT2D eigenvalue weighted by Gasteiger charge is 2.08. The monoisotopic (exact) mass is 271 g/mol. The van der Waals surface area contributed by atoms with E-state index in [2.05, 4.69) is 13.0 Å². The fourth-order valence-electron chi connectivity index (χ4n) is 2.09. The van der Waals surface area contributed by atoms with Crippen molar-refractivity contribution in [1.29, 1.82) is 0 Å². The Labute approximate surface area is 120 Å². The highest BCUT2D eigenvalue weighted by atomic mass is 16.5. The van der Waals surface area contributed by atoms with Gasteiger partial charge >= 0.3 is 0 Å². The van der Waals surface area contributed by atoms with Gasteiger partial charge in [-0.15, -0.1) is 0 Å². The summed E-state index contributed by atoms with van der Waals surface area (Å²) < 4.78 is 11.4. The van der Waals surface area contributed by atoms with Crippen molar-refractivity contribution in [2.75, 3.05) is 7.11 Å². The highest BCUT2D eigenvalue weighted by molar-refractivity contribution is 5.47. The molecule has 0 amide bonds. The first-order valence-corrected chi connectivity index (χ1v) is 6.82. The molecular formula is C17H21NO2. The largest absolute Gasteiger partial charge is 0.493 e. The maximum atomic E-state index is 5.96. The Bertz CT molecular complexity index is 594. The second-order valence-electron chi connectivity index (χ2n) is 4.74. The molecule has 0 spiro atoms. The zero-order valence-electron chi connectivity index (χ0n) is 12.3. The minimum Gasteiger partial charge on any atom is -0.493 e. The van der Waals surface area contributed by atoms with Gasteiger partial charge in [-0.1, -0.05) is 25.1 Å². The predicted octanol–water partition coefficient (Wildman–Crippen LogP) is 3.82. The molecule has 0 fully saturated rings. The van der Waals surface area contributed by atoms with Crippen LogP contribution in [0.2, 0.25) is 0 Å². The van der Waals surface area contributed by atoms with Crippen molar-refractivity contribution in [2.24, 2.45) is 5.73 Å². The minimum absolute atomic E-state index is 0.537. The van der Waals surface area contributed by atoms with E-state index in [9.17, 15) is 0 Å². The summed E-state index contributed by atoms with van der Waals surface area (Å²) in [6.07, 6.45) is 0.973. The average Bonchev–Trinajstić information content (AvgIpc) is 2.49. The molecule has 2 aromatic rings. The lowest BCUT2D eigenvalue weighted by Crippen LogP contribution is -1.98. The summed E-state index contributed by atoms with van der Waals surface area (Å²) in [5, 5.41) is 0. The van der Waals surface area contributed by atoms with Crippen LogP contribution < -0.4 is 15.2 Å². The van der Waals surface area contributed by atoms with Gasteiger partial charge in [0.25, 0.3) is 0 Å². The van der Waals surface area contributed by atoms with Crippen LogP contribution in [-0.2, 0) is 13.0 Å². The van der Waals surface area contributed by atoms with Gasteiger partial charge in [-0.3, -0.25) is 0 Å². The molecule has 20 heavy (non-hydrogen) atoms. The molecule has 0 bridgehead atoms. The lowest BCUT2D eigenvalue weighted by atomic mass is 10.1. The normalized spacial score (nSPS) is 10.4. The molecule has 3 heteroatoms. The summed E-state index contributed by atoms with van der Waals surface area (Å²) in [6, 6.07) is 12.0. The molecule has 0 aromatic heterocycles. The number of methoxy groups -OCH3 is 1. The van der Waals surface area contributed by atoms with Gasteiger partial charge in [-0.2, -0.15) is 0 Å². The smallest absolute Gasteiger partial charge is 0.169 e. The summed E-state index contributed by atoms with van der Waals surface area (Å²) in [7, 11) is 1.66. The van der Waals surface area contributed by atoms with E-state index in [1.165, 1.54) is 5.56 Å². The van der Waals surface area contributed by atoms with Crippen LogP contribution >= 0.6 is 0 Å². The highest BCUT2D eigenvalue weighted by Crippen LogP contribution is 2.34. The fraction of sp³-hybridized carbons (Fsp3) is 0.294. The molecule has 2 N–H and O–H groups in total. The Morgan fingerprint density at radius 3 is 2.25 bits per heavy atom. The van der Waals surface area contributed by atoms with Crippen molar-refractivity contribution in [2.45, 2.75) is 26.8 Å². The van der Waals surface area contributed by atoms with Crippen LogP contribution in [0, 0.1) is 6.92 Å². The van der Waals surface area contributed by atoms with E-state index < -0.39 is 0 Å². The molecule has 0 saturated carbocycles. The molecule has 0 radical (unpaired) electrons. The molecule has 0 heterocycles. The topological polar surface area (TPSA) is 44.5 Å². The molecule has 0 aliphatic rings. The van der Waals surface area contributed by atoms with Crippen molar-refractivity contribution in [3.05, 3.63) is 53.1 Å². The fourth-order valence-corrected chi connectivity index (χ4v) is 2.09. The number of ether oxygens (including phenoxy) is 2. The number of hydrogen-bond donors (Lipinski definition) is 1. The summed E-state index contributed by atoms with van der Waals surface area (Å²) in [5.41, 5.74) is 9.03. The van der Waals surface area contributed by atoms with Crippen LogP contribution in [0.3, 0.4) is 0 Å². The molecular weight excluding hydrogens is 250 g/mol.